The summed E-state index contributed by atoms with van der Waals surface area (Å²) in [7, 11) is 0. The van der Waals surface area contributed by atoms with Crippen LogP contribution in [0.5, 0.6) is 0 Å². The minimum absolute atomic E-state index is 0.0910. The summed E-state index contributed by atoms with van der Waals surface area (Å²) in [6.45, 7) is 4.11. The molecule has 74 valence electrons. The van der Waals surface area contributed by atoms with Crippen molar-refractivity contribution in [3.05, 3.63) is 12.7 Å². The Balaban J connectivity index is 2.24. The first-order chi connectivity index (χ1) is 6.26. The van der Waals surface area contributed by atoms with Gasteiger partial charge in [-0.2, -0.15) is 0 Å². The lowest BCUT2D eigenvalue weighted by molar-refractivity contribution is -0.144. The molecule has 0 heterocycles. The Morgan fingerprint density at radius 1 is 1.46 bits per heavy atom. The Hall–Kier alpha value is -0.830. The molecule has 0 bridgehead atoms. The maximum absolute atomic E-state index is 10.9. The SMILES string of the molecule is C=CC(=O)OC1CCC(CN)CC1. The van der Waals surface area contributed by atoms with Crippen molar-refractivity contribution in [1.82, 2.24) is 0 Å². The van der Waals surface area contributed by atoms with Crippen LogP contribution in [0.4, 0.5) is 0 Å². The minimum atomic E-state index is -0.309. The summed E-state index contributed by atoms with van der Waals surface area (Å²) in [5.41, 5.74) is 5.55. The van der Waals surface area contributed by atoms with Crippen LogP contribution in [0.3, 0.4) is 0 Å². The molecule has 0 amide bonds. The summed E-state index contributed by atoms with van der Waals surface area (Å²) >= 11 is 0. The molecule has 0 aromatic heterocycles. The van der Waals surface area contributed by atoms with E-state index in [4.69, 9.17) is 10.5 Å². The van der Waals surface area contributed by atoms with E-state index in [-0.39, 0.29) is 12.1 Å². The molecule has 1 rings (SSSR count). The van der Waals surface area contributed by atoms with Crippen LogP contribution in [0.1, 0.15) is 25.7 Å². The fourth-order valence-corrected chi connectivity index (χ4v) is 1.70. The summed E-state index contributed by atoms with van der Waals surface area (Å²) in [6.07, 6.45) is 5.35. The van der Waals surface area contributed by atoms with Crippen LogP contribution in [0.2, 0.25) is 0 Å². The van der Waals surface area contributed by atoms with Gasteiger partial charge in [0.1, 0.15) is 6.10 Å². The van der Waals surface area contributed by atoms with Crippen LogP contribution >= 0.6 is 0 Å². The van der Waals surface area contributed by atoms with Gasteiger partial charge in [0, 0.05) is 6.08 Å². The summed E-state index contributed by atoms with van der Waals surface area (Å²) < 4.78 is 5.14. The topological polar surface area (TPSA) is 52.3 Å². The Bertz CT molecular complexity index is 183. The van der Waals surface area contributed by atoms with E-state index < -0.39 is 0 Å². The van der Waals surface area contributed by atoms with Gasteiger partial charge in [0.05, 0.1) is 0 Å². The highest BCUT2D eigenvalue weighted by Gasteiger charge is 2.21. The lowest BCUT2D eigenvalue weighted by Crippen LogP contribution is -2.27. The number of esters is 1. The molecule has 3 heteroatoms. The van der Waals surface area contributed by atoms with E-state index >= 15 is 0 Å². The van der Waals surface area contributed by atoms with Gasteiger partial charge in [-0.25, -0.2) is 4.79 Å². The lowest BCUT2D eigenvalue weighted by Gasteiger charge is -2.26. The zero-order valence-corrected chi connectivity index (χ0v) is 7.87. The standard InChI is InChI=1S/C10H17NO2/c1-2-10(12)13-9-5-3-8(7-11)4-6-9/h2,8-9H,1,3-7,11H2. The van der Waals surface area contributed by atoms with Crippen molar-refractivity contribution >= 4 is 5.97 Å². The van der Waals surface area contributed by atoms with Gasteiger partial charge in [-0.05, 0) is 38.1 Å². The molecule has 2 N–H and O–H groups in total. The van der Waals surface area contributed by atoms with Crippen LogP contribution in [0.25, 0.3) is 0 Å². The fourth-order valence-electron chi connectivity index (χ4n) is 1.70. The van der Waals surface area contributed by atoms with Crippen molar-refractivity contribution in [2.45, 2.75) is 31.8 Å². The van der Waals surface area contributed by atoms with Gasteiger partial charge in [0.15, 0.2) is 0 Å². The van der Waals surface area contributed by atoms with Crippen LogP contribution in [-0.2, 0) is 9.53 Å². The van der Waals surface area contributed by atoms with Gasteiger partial charge >= 0.3 is 5.97 Å². The van der Waals surface area contributed by atoms with Gasteiger partial charge in [0.25, 0.3) is 0 Å². The van der Waals surface area contributed by atoms with E-state index in [1.165, 1.54) is 6.08 Å². The molecule has 13 heavy (non-hydrogen) atoms. The molecule has 0 aromatic rings. The monoisotopic (exact) mass is 183 g/mol. The Morgan fingerprint density at radius 3 is 2.54 bits per heavy atom. The van der Waals surface area contributed by atoms with Gasteiger partial charge in [-0.1, -0.05) is 6.58 Å². The molecule has 0 unspecified atom stereocenters. The van der Waals surface area contributed by atoms with Crippen molar-refractivity contribution < 1.29 is 9.53 Å². The van der Waals surface area contributed by atoms with Crippen molar-refractivity contribution in [2.24, 2.45) is 11.7 Å². The van der Waals surface area contributed by atoms with Crippen molar-refractivity contribution in [3.8, 4) is 0 Å². The molecule has 3 nitrogen and oxygen atoms in total. The number of ether oxygens (including phenoxy) is 1. The molecular formula is C10H17NO2. The summed E-state index contributed by atoms with van der Waals surface area (Å²) in [5.74, 6) is 0.315. The predicted octanol–water partition coefficient (Wildman–Crippen LogP) is 1.23. The molecule has 0 radical (unpaired) electrons. The first-order valence-corrected chi connectivity index (χ1v) is 4.79. The van der Waals surface area contributed by atoms with Gasteiger partial charge in [-0.15, -0.1) is 0 Å². The van der Waals surface area contributed by atoms with Gasteiger partial charge in [-0.3, -0.25) is 0 Å². The van der Waals surface area contributed by atoms with E-state index in [0.29, 0.717) is 5.92 Å². The summed E-state index contributed by atoms with van der Waals surface area (Å²) in [6, 6.07) is 0. The summed E-state index contributed by atoms with van der Waals surface area (Å²) in [5, 5.41) is 0. The maximum Gasteiger partial charge on any atom is 0.330 e. The zero-order chi connectivity index (χ0) is 9.68. The van der Waals surface area contributed by atoms with Crippen molar-refractivity contribution in [1.29, 1.82) is 0 Å². The predicted molar refractivity (Wildman–Crippen MR) is 51.1 cm³/mol. The second kappa shape index (κ2) is 5.02. The largest absolute Gasteiger partial charge is 0.459 e. The first-order valence-electron chi connectivity index (χ1n) is 4.79. The number of rotatable bonds is 3. The zero-order valence-electron chi connectivity index (χ0n) is 7.87. The molecule has 0 aliphatic heterocycles. The molecule has 1 aliphatic rings. The third-order valence-electron chi connectivity index (χ3n) is 2.58. The van der Waals surface area contributed by atoms with Crippen molar-refractivity contribution in [3.63, 3.8) is 0 Å². The second-order valence-electron chi connectivity index (χ2n) is 3.52. The number of nitrogens with two attached hydrogens (primary N) is 1. The smallest absolute Gasteiger partial charge is 0.330 e. The Kier molecular flexibility index (Phi) is 3.96. The quantitative estimate of drug-likeness (QED) is 0.529. The number of hydrogen-bond acceptors (Lipinski definition) is 3. The third-order valence-corrected chi connectivity index (χ3v) is 2.58. The third kappa shape index (κ3) is 3.19. The molecule has 0 saturated heterocycles. The molecule has 0 spiro atoms. The van der Waals surface area contributed by atoms with Crippen molar-refractivity contribution in [2.75, 3.05) is 6.54 Å². The average molecular weight is 183 g/mol. The Morgan fingerprint density at radius 2 is 2.08 bits per heavy atom. The number of hydrogen-bond donors (Lipinski definition) is 1. The Labute approximate surface area is 78.9 Å². The number of carbonyl (C=O) groups is 1. The highest BCUT2D eigenvalue weighted by Crippen LogP contribution is 2.25. The van der Waals surface area contributed by atoms with Gasteiger partial charge < -0.3 is 10.5 Å². The van der Waals surface area contributed by atoms with Crippen LogP contribution in [0, 0.1) is 5.92 Å². The van der Waals surface area contributed by atoms with Crippen LogP contribution in [0.15, 0.2) is 12.7 Å². The summed E-state index contributed by atoms with van der Waals surface area (Å²) in [4.78, 5) is 10.9. The van der Waals surface area contributed by atoms with E-state index in [9.17, 15) is 4.79 Å². The molecule has 0 atom stereocenters. The van der Waals surface area contributed by atoms with Crippen LogP contribution in [-0.4, -0.2) is 18.6 Å². The molecular weight excluding hydrogens is 166 g/mol. The number of carbonyl (C=O) groups excluding carboxylic acids is 1. The average Bonchev–Trinajstić information content (AvgIpc) is 2.19. The molecule has 1 fully saturated rings. The lowest BCUT2D eigenvalue weighted by atomic mass is 9.87. The second-order valence-corrected chi connectivity index (χ2v) is 3.52. The normalized spacial score (nSPS) is 28.1. The molecule has 0 aromatic carbocycles. The fraction of sp³-hybridized carbons (Fsp3) is 0.700. The van der Waals surface area contributed by atoms with E-state index in [1.54, 1.807) is 0 Å². The molecule has 1 aliphatic carbocycles. The first kappa shape index (κ1) is 10.3. The minimum Gasteiger partial charge on any atom is -0.459 e. The van der Waals surface area contributed by atoms with Gasteiger partial charge in [0.2, 0.25) is 0 Å². The van der Waals surface area contributed by atoms with E-state index in [1.807, 2.05) is 0 Å². The highest BCUT2D eigenvalue weighted by molar-refractivity contribution is 5.81. The highest BCUT2D eigenvalue weighted by atomic mass is 16.5. The van der Waals surface area contributed by atoms with E-state index in [0.717, 1.165) is 32.2 Å². The van der Waals surface area contributed by atoms with E-state index in [2.05, 4.69) is 6.58 Å². The molecule has 1 saturated carbocycles. The van der Waals surface area contributed by atoms with Crippen LogP contribution < -0.4 is 5.73 Å². The maximum atomic E-state index is 10.9.